The van der Waals surface area contributed by atoms with Gasteiger partial charge in [-0.3, -0.25) is 9.59 Å². The molecule has 0 radical (unpaired) electrons. The van der Waals surface area contributed by atoms with Gasteiger partial charge in [-0.2, -0.15) is 0 Å². The van der Waals surface area contributed by atoms with Gasteiger partial charge in [0.1, 0.15) is 0 Å². The summed E-state index contributed by atoms with van der Waals surface area (Å²) in [7, 11) is 3.28. The molecule has 0 spiro atoms. The molecule has 12 heavy (non-hydrogen) atoms. The van der Waals surface area contributed by atoms with Crippen LogP contribution in [0.4, 0.5) is 0 Å². The van der Waals surface area contributed by atoms with E-state index in [0.29, 0.717) is 5.56 Å². The Balaban J connectivity index is 3.04. The van der Waals surface area contributed by atoms with E-state index in [1.54, 1.807) is 20.2 Å². The lowest BCUT2D eigenvalue weighted by molar-refractivity contribution is 0.0827. The van der Waals surface area contributed by atoms with Crippen LogP contribution in [0.3, 0.4) is 0 Å². The van der Waals surface area contributed by atoms with E-state index in [2.05, 4.69) is 4.98 Å². The van der Waals surface area contributed by atoms with E-state index in [1.807, 2.05) is 0 Å². The maximum absolute atomic E-state index is 11.3. The predicted molar refractivity (Wildman–Crippen MR) is 45.1 cm³/mol. The third-order valence-corrected chi connectivity index (χ3v) is 1.43. The van der Waals surface area contributed by atoms with E-state index in [-0.39, 0.29) is 11.5 Å². The molecule has 1 rings (SSSR count). The maximum atomic E-state index is 11.3. The summed E-state index contributed by atoms with van der Waals surface area (Å²) >= 11 is 0. The van der Waals surface area contributed by atoms with Crippen molar-refractivity contribution in [2.45, 2.75) is 0 Å². The number of H-pyrrole nitrogens is 1. The quantitative estimate of drug-likeness (QED) is 0.642. The number of carbonyl (C=O) groups is 1. The van der Waals surface area contributed by atoms with Crippen LogP contribution in [0.1, 0.15) is 10.4 Å². The predicted octanol–water partition coefficient (Wildman–Crippen LogP) is 0.0767. The first-order valence-corrected chi connectivity index (χ1v) is 3.51. The second kappa shape index (κ2) is 3.21. The summed E-state index contributed by atoms with van der Waals surface area (Å²) in [6, 6.07) is 2.85. The minimum Gasteiger partial charge on any atom is -0.345 e. The van der Waals surface area contributed by atoms with Crippen LogP contribution in [-0.4, -0.2) is 29.9 Å². The average molecular weight is 166 g/mol. The highest BCUT2D eigenvalue weighted by Crippen LogP contribution is 1.96. The largest absolute Gasteiger partial charge is 0.345 e. The Morgan fingerprint density at radius 2 is 2.17 bits per heavy atom. The summed E-state index contributed by atoms with van der Waals surface area (Å²) in [5, 5.41) is 0. The van der Waals surface area contributed by atoms with Crippen molar-refractivity contribution < 1.29 is 4.79 Å². The first kappa shape index (κ1) is 8.52. The number of nitrogens with one attached hydrogen (secondary N) is 1. The Labute approximate surface area is 69.8 Å². The van der Waals surface area contributed by atoms with Crippen LogP contribution >= 0.6 is 0 Å². The molecule has 0 bridgehead atoms. The van der Waals surface area contributed by atoms with Gasteiger partial charge in [0.05, 0.1) is 0 Å². The van der Waals surface area contributed by atoms with Crippen molar-refractivity contribution in [3.63, 3.8) is 0 Å². The van der Waals surface area contributed by atoms with Crippen molar-refractivity contribution in [3.05, 3.63) is 34.2 Å². The second-order valence-corrected chi connectivity index (χ2v) is 2.64. The molecule has 0 atom stereocenters. The smallest absolute Gasteiger partial charge is 0.253 e. The first-order valence-electron chi connectivity index (χ1n) is 3.51. The second-order valence-electron chi connectivity index (χ2n) is 2.64. The van der Waals surface area contributed by atoms with Gasteiger partial charge >= 0.3 is 0 Å². The standard InChI is InChI=1S/C8H10N2O2/c1-10(2)8(12)6-3-4-9-7(11)5-6/h3-5H,1-2H3,(H,9,11). The van der Waals surface area contributed by atoms with Crippen LogP contribution in [0, 0.1) is 0 Å². The SMILES string of the molecule is CN(C)C(=O)c1cc[nH]c(=O)c1. The molecule has 0 aliphatic rings. The van der Waals surface area contributed by atoms with Crippen LogP contribution in [-0.2, 0) is 0 Å². The van der Waals surface area contributed by atoms with Gasteiger partial charge in [0.2, 0.25) is 5.56 Å². The number of aromatic amines is 1. The highest BCUT2D eigenvalue weighted by molar-refractivity contribution is 5.93. The molecule has 0 fully saturated rings. The van der Waals surface area contributed by atoms with E-state index < -0.39 is 0 Å². The van der Waals surface area contributed by atoms with E-state index in [0.717, 1.165) is 0 Å². The number of hydrogen-bond donors (Lipinski definition) is 1. The Bertz CT molecular complexity index is 341. The highest BCUT2D eigenvalue weighted by atomic mass is 16.2. The van der Waals surface area contributed by atoms with E-state index in [1.165, 1.54) is 17.2 Å². The van der Waals surface area contributed by atoms with Crippen LogP contribution in [0.25, 0.3) is 0 Å². The molecule has 1 aromatic heterocycles. The molecule has 1 aromatic rings. The minimum absolute atomic E-state index is 0.166. The molecule has 0 aromatic carbocycles. The summed E-state index contributed by atoms with van der Waals surface area (Å²) in [4.78, 5) is 25.9. The molecule has 64 valence electrons. The molecule has 4 nitrogen and oxygen atoms in total. The van der Waals surface area contributed by atoms with Gasteiger partial charge in [0, 0.05) is 31.9 Å². The van der Waals surface area contributed by atoms with Gasteiger partial charge in [-0.1, -0.05) is 0 Å². The van der Waals surface area contributed by atoms with Gasteiger partial charge in [0.25, 0.3) is 5.91 Å². The van der Waals surface area contributed by atoms with Gasteiger partial charge in [0.15, 0.2) is 0 Å². The lowest BCUT2D eigenvalue weighted by Crippen LogP contribution is -2.23. The molecule has 0 aliphatic carbocycles. The fourth-order valence-corrected chi connectivity index (χ4v) is 0.836. The minimum atomic E-state index is -0.261. The molecular formula is C8H10N2O2. The zero-order valence-corrected chi connectivity index (χ0v) is 7.00. The fraction of sp³-hybridized carbons (Fsp3) is 0.250. The van der Waals surface area contributed by atoms with E-state index >= 15 is 0 Å². The summed E-state index contributed by atoms with van der Waals surface area (Å²) in [5.41, 5.74) is 0.145. The van der Waals surface area contributed by atoms with Crippen molar-refractivity contribution >= 4 is 5.91 Å². The molecule has 4 heteroatoms. The third-order valence-electron chi connectivity index (χ3n) is 1.43. The van der Waals surface area contributed by atoms with Crippen molar-refractivity contribution in [2.75, 3.05) is 14.1 Å². The monoisotopic (exact) mass is 166 g/mol. The normalized spacial score (nSPS) is 9.50. The van der Waals surface area contributed by atoms with Gasteiger partial charge in [-0.25, -0.2) is 0 Å². The number of amides is 1. The van der Waals surface area contributed by atoms with Crippen molar-refractivity contribution in [1.82, 2.24) is 9.88 Å². The van der Waals surface area contributed by atoms with E-state index in [9.17, 15) is 9.59 Å². The molecule has 1 heterocycles. The average Bonchev–Trinajstić information content (AvgIpc) is 2.03. The molecule has 0 saturated carbocycles. The zero-order valence-electron chi connectivity index (χ0n) is 7.00. The Morgan fingerprint density at radius 1 is 1.50 bits per heavy atom. The maximum Gasteiger partial charge on any atom is 0.253 e. The third kappa shape index (κ3) is 1.72. The summed E-state index contributed by atoms with van der Waals surface area (Å²) in [5.74, 6) is -0.166. The highest BCUT2D eigenvalue weighted by Gasteiger charge is 2.06. The van der Waals surface area contributed by atoms with Gasteiger partial charge in [-0.05, 0) is 6.07 Å². The molecule has 1 amide bonds. The fourth-order valence-electron chi connectivity index (χ4n) is 0.836. The van der Waals surface area contributed by atoms with Crippen molar-refractivity contribution in [1.29, 1.82) is 0 Å². The summed E-state index contributed by atoms with van der Waals surface area (Å²) < 4.78 is 0. The van der Waals surface area contributed by atoms with Gasteiger partial charge < -0.3 is 9.88 Å². The van der Waals surface area contributed by atoms with E-state index in [4.69, 9.17) is 0 Å². The van der Waals surface area contributed by atoms with Crippen molar-refractivity contribution in [2.24, 2.45) is 0 Å². The van der Waals surface area contributed by atoms with Crippen LogP contribution in [0.5, 0.6) is 0 Å². The molecule has 0 saturated heterocycles. The molecular weight excluding hydrogens is 156 g/mol. The zero-order chi connectivity index (χ0) is 9.14. The molecule has 0 aliphatic heterocycles. The lowest BCUT2D eigenvalue weighted by atomic mass is 10.2. The summed E-state index contributed by atoms with van der Waals surface area (Å²) in [6.07, 6.45) is 1.46. The topological polar surface area (TPSA) is 53.2 Å². The molecule has 0 unspecified atom stereocenters. The van der Waals surface area contributed by atoms with Crippen LogP contribution in [0.15, 0.2) is 23.1 Å². The van der Waals surface area contributed by atoms with Crippen LogP contribution < -0.4 is 5.56 Å². The number of nitrogens with zero attached hydrogens (tertiary/aromatic N) is 1. The number of rotatable bonds is 1. The lowest BCUT2D eigenvalue weighted by Gasteiger charge is -2.08. The molecule has 1 N–H and O–H groups in total. The number of carbonyl (C=O) groups excluding carboxylic acids is 1. The number of aromatic nitrogens is 1. The summed E-state index contributed by atoms with van der Waals surface area (Å²) in [6.45, 7) is 0. The van der Waals surface area contributed by atoms with Gasteiger partial charge in [-0.15, -0.1) is 0 Å². The number of pyridine rings is 1. The van der Waals surface area contributed by atoms with Crippen LogP contribution in [0.2, 0.25) is 0 Å². The Kier molecular flexibility index (Phi) is 2.28. The Morgan fingerprint density at radius 3 is 2.67 bits per heavy atom. The first-order chi connectivity index (χ1) is 5.61. The number of hydrogen-bond acceptors (Lipinski definition) is 2. The van der Waals surface area contributed by atoms with Crippen molar-refractivity contribution in [3.8, 4) is 0 Å². The Hall–Kier alpha value is -1.58.